The van der Waals surface area contributed by atoms with Gasteiger partial charge in [0, 0.05) is 25.2 Å². The molecule has 2 saturated heterocycles. The number of ether oxygens (including phenoxy) is 3. The van der Waals surface area contributed by atoms with Crippen molar-refractivity contribution in [3.05, 3.63) is 125 Å². The molecular weight excluding hydrogens is 691 g/mol. The summed E-state index contributed by atoms with van der Waals surface area (Å²) in [6, 6.07) is 24.3. The average Bonchev–Trinajstić information content (AvgIpc) is 3.17. The largest absolute Gasteiger partial charge is 0.497 e. The van der Waals surface area contributed by atoms with Crippen molar-refractivity contribution in [2.45, 2.75) is 70.7 Å². The lowest BCUT2D eigenvalue weighted by Crippen LogP contribution is -2.69. The van der Waals surface area contributed by atoms with Gasteiger partial charge in [-0.2, -0.15) is 0 Å². The summed E-state index contributed by atoms with van der Waals surface area (Å²) in [5, 5.41) is 0. The van der Waals surface area contributed by atoms with Crippen molar-refractivity contribution in [3.63, 3.8) is 0 Å². The molecule has 3 aromatic carbocycles. The summed E-state index contributed by atoms with van der Waals surface area (Å²) in [6.45, 7) is 6.19. The number of nitrogens with zero attached hydrogens (tertiary/aromatic N) is 4. The van der Waals surface area contributed by atoms with Gasteiger partial charge in [-0.1, -0.05) is 54.6 Å². The van der Waals surface area contributed by atoms with Gasteiger partial charge in [-0.05, 0) is 98.7 Å². The smallest absolute Gasteiger partial charge is 0.416 e. The lowest BCUT2D eigenvalue weighted by atomic mass is 9.82. The van der Waals surface area contributed by atoms with E-state index in [-0.39, 0.29) is 31.3 Å². The second kappa shape index (κ2) is 16.5. The zero-order chi connectivity index (χ0) is 38.4. The summed E-state index contributed by atoms with van der Waals surface area (Å²) in [5.74, 6) is -1.50. The van der Waals surface area contributed by atoms with Crippen molar-refractivity contribution in [3.8, 4) is 5.75 Å². The number of rotatable bonds is 10. The second-order valence-corrected chi connectivity index (χ2v) is 14.6. The maximum atomic E-state index is 14.0. The van der Waals surface area contributed by atoms with Crippen LogP contribution in [0.3, 0.4) is 0 Å². The number of pyridine rings is 1. The molecule has 282 valence electrons. The molecule has 54 heavy (non-hydrogen) atoms. The van der Waals surface area contributed by atoms with Crippen LogP contribution in [-0.4, -0.2) is 70.6 Å². The molecule has 2 aliphatic heterocycles. The number of imide groups is 1. The Hall–Kier alpha value is -5.78. The number of hydrogen-bond donors (Lipinski definition) is 0. The maximum Gasteiger partial charge on any atom is 0.416 e. The topological polar surface area (TPSA) is 119 Å². The van der Waals surface area contributed by atoms with Gasteiger partial charge in [0.05, 0.1) is 19.6 Å². The molecule has 3 atom stereocenters. The van der Waals surface area contributed by atoms with Gasteiger partial charge in [0.1, 0.15) is 29.6 Å². The van der Waals surface area contributed by atoms with Crippen LogP contribution in [-0.2, 0) is 38.6 Å². The van der Waals surface area contributed by atoms with E-state index >= 15 is 0 Å². The van der Waals surface area contributed by atoms with Crippen LogP contribution in [0, 0.1) is 11.7 Å². The maximum absolute atomic E-state index is 14.0. The highest BCUT2D eigenvalue weighted by Gasteiger charge is 2.56. The summed E-state index contributed by atoms with van der Waals surface area (Å²) in [4.78, 5) is 63.8. The summed E-state index contributed by atoms with van der Waals surface area (Å²) in [7, 11) is 1.58. The molecule has 2 fully saturated rings. The quantitative estimate of drug-likeness (QED) is 0.123. The molecule has 0 aliphatic carbocycles. The van der Waals surface area contributed by atoms with Crippen LogP contribution in [0.25, 0.3) is 0 Å². The molecule has 6 rings (SSSR count). The third-order valence-electron chi connectivity index (χ3n) is 9.57. The number of methoxy groups -OCH3 is 1. The number of carbonyl (C=O) groups is 4. The van der Waals surface area contributed by atoms with Gasteiger partial charge in [0.15, 0.2) is 6.04 Å². The molecular formula is C42H45FN4O7. The Morgan fingerprint density at radius 1 is 0.926 bits per heavy atom. The SMILES string of the molecule is COc1ccc(CN(C(=O)OC(C)(C)C)c2cc(C[C@H]3C(=O)N(C(=O)N4CCCC(c5ccc(F)cc5)C4)[C@@H]3C(=O)OCc3ccccc3)ccn2)cc1. The van der Waals surface area contributed by atoms with Gasteiger partial charge >= 0.3 is 18.1 Å². The predicted octanol–water partition coefficient (Wildman–Crippen LogP) is 7.28. The van der Waals surface area contributed by atoms with Crippen LogP contribution in [0.2, 0.25) is 0 Å². The Balaban J connectivity index is 1.24. The normalized spacial score (nSPS) is 18.4. The first kappa shape index (κ1) is 38.0. The number of β-lactam (4-membered cyclic amide) rings is 1. The van der Waals surface area contributed by atoms with Crippen LogP contribution in [0.15, 0.2) is 97.2 Å². The number of hydrogen-bond acceptors (Lipinski definition) is 8. The molecule has 4 amide bonds. The molecule has 1 unspecified atom stereocenters. The van der Waals surface area contributed by atoms with Crippen molar-refractivity contribution in [2.75, 3.05) is 25.1 Å². The van der Waals surface area contributed by atoms with Crippen LogP contribution in [0.1, 0.15) is 61.8 Å². The molecule has 1 aromatic heterocycles. The van der Waals surface area contributed by atoms with Crippen molar-refractivity contribution in [1.82, 2.24) is 14.8 Å². The van der Waals surface area contributed by atoms with E-state index in [4.69, 9.17) is 14.2 Å². The Kier molecular flexibility index (Phi) is 11.6. The minimum absolute atomic E-state index is 0.0227. The third-order valence-corrected chi connectivity index (χ3v) is 9.57. The highest BCUT2D eigenvalue weighted by Crippen LogP contribution is 2.35. The first-order valence-corrected chi connectivity index (χ1v) is 18.1. The van der Waals surface area contributed by atoms with E-state index in [2.05, 4.69) is 4.98 Å². The highest BCUT2D eigenvalue weighted by atomic mass is 19.1. The molecule has 12 heteroatoms. The Morgan fingerprint density at radius 2 is 1.65 bits per heavy atom. The van der Waals surface area contributed by atoms with Crippen molar-refractivity contribution in [1.29, 1.82) is 0 Å². The number of likely N-dealkylation sites (tertiary alicyclic amines) is 2. The minimum atomic E-state index is -1.17. The van der Waals surface area contributed by atoms with E-state index in [0.717, 1.165) is 28.0 Å². The van der Waals surface area contributed by atoms with E-state index in [1.807, 2.05) is 42.5 Å². The minimum Gasteiger partial charge on any atom is -0.497 e. The number of benzene rings is 3. The number of piperidine rings is 1. The van der Waals surface area contributed by atoms with Gasteiger partial charge < -0.3 is 19.1 Å². The molecule has 4 aromatic rings. The number of urea groups is 1. The lowest BCUT2D eigenvalue weighted by molar-refractivity contribution is -0.171. The molecule has 0 bridgehead atoms. The average molecular weight is 737 g/mol. The number of aromatic nitrogens is 1. The number of esters is 1. The van der Waals surface area contributed by atoms with E-state index in [1.54, 1.807) is 69.2 Å². The third kappa shape index (κ3) is 9.05. The van der Waals surface area contributed by atoms with Crippen molar-refractivity contribution < 1.29 is 37.8 Å². The monoisotopic (exact) mass is 736 g/mol. The van der Waals surface area contributed by atoms with E-state index in [9.17, 15) is 23.6 Å². The summed E-state index contributed by atoms with van der Waals surface area (Å²) < 4.78 is 30.4. The highest BCUT2D eigenvalue weighted by molar-refractivity contribution is 6.08. The Bertz CT molecular complexity index is 1950. The molecule has 3 heterocycles. The van der Waals surface area contributed by atoms with Crippen LogP contribution in [0.4, 0.5) is 19.8 Å². The molecule has 11 nitrogen and oxygen atoms in total. The van der Waals surface area contributed by atoms with Gasteiger partial charge in [-0.3, -0.25) is 9.69 Å². The zero-order valence-electron chi connectivity index (χ0n) is 30.9. The van der Waals surface area contributed by atoms with Crippen molar-refractivity contribution in [2.24, 2.45) is 5.92 Å². The lowest BCUT2D eigenvalue weighted by Gasteiger charge is -2.46. The summed E-state index contributed by atoms with van der Waals surface area (Å²) >= 11 is 0. The van der Waals surface area contributed by atoms with Crippen LogP contribution >= 0.6 is 0 Å². The predicted molar refractivity (Wildman–Crippen MR) is 199 cm³/mol. The van der Waals surface area contributed by atoms with E-state index in [0.29, 0.717) is 36.6 Å². The Morgan fingerprint density at radius 3 is 2.33 bits per heavy atom. The van der Waals surface area contributed by atoms with Crippen LogP contribution < -0.4 is 9.64 Å². The van der Waals surface area contributed by atoms with Gasteiger partial charge in [0.25, 0.3) is 0 Å². The first-order chi connectivity index (χ1) is 25.9. The number of amides is 4. The van der Waals surface area contributed by atoms with Crippen molar-refractivity contribution >= 4 is 29.8 Å². The molecule has 0 radical (unpaired) electrons. The number of anilines is 1. The van der Waals surface area contributed by atoms with Gasteiger partial charge in [-0.15, -0.1) is 0 Å². The van der Waals surface area contributed by atoms with Gasteiger partial charge in [0.2, 0.25) is 5.91 Å². The first-order valence-electron chi connectivity index (χ1n) is 18.1. The van der Waals surface area contributed by atoms with E-state index < -0.39 is 41.6 Å². The summed E-state index contributed by atoms with van der Waals surface area (Å²) in [6.07, 6.45) is 2.51. The van der Waals surface area contributed by atoms with E-state index in [1.165, 1.54) is 23.2 Å². The molecule has 0 saturated carbocycles. The fourth-order valence-corrected chi connectivity index (χ4v) is 6.81. The molecule has 2 aliphatic rings. The fourth-order valence-electron chi connectivity index (χ4n) is 6.81. The molecule has 0 N–H and O–H groups in total. The second-order valence-electron chi connectivity index (χ2n) is 14.6. The fraction of sp³-hybridized carbons (Fsp3) is 0.357. The zero-order valence-corrected chi connectivity index (χ0v) is 30.9. The number of carbonyl (C=O) groups excluding carboxylic acids is 4. The van der Waals surface area contributed by atoms with Gasteiger partial charge in [-0.25, -0.2) is 28.7 Å². The Labute approximate surface area is 314 Å². The summed E-state index contributed by atoms with van der Waals surface area (Å²) in [5.41, 5.74) is 2.33. The van der Waals surface area contributed by atoms with Crippen LogP contribution in [0.5, 0.6) is 5.75 Å². The molecule has 0 spiro atoms. The standard InChI is InChI=1S/C42H45FN4O7/c1-42(2,3)54-41(51)46(25-28-12-18-34(52-4)19-13-28)36-24-30(20-21-44-36)23-35-37(39(49)53-27-29-9-6-5-7-10-29)47(38(35)48)40(50)45-22-8-11-32(26-45)31-14-16-33(43)17-15-31/h5-7,9-10,12-21,24,32,35,37H,8,11,22-23,25-27H2,1-4H3/t32?,35-,37+/m1/s1. The number of halogens is 1.